The van der Waals surface area contributed by atoms with E-state index in [4.69, 9.17) is 10.5 Å². The van der Waals surface area contributed by atoms with Gasteiger partial charge in [-0.05, 0) is 31.2 Å². The molecule has 1 atom stereocenters. The summed E-state index contributed by atoms with van der Waals surface area (Å²) in [5.41, 5.74) is 6.69. The summed E-state index contributed by atoms with van der Waals surface area (Å²) in [6.07, 6.45) is 1.56. The molecule has 2 N–H and O–H groups in total. The third-order valence-corrected chi connectivity index (χ3v) is 3.68. The van der Waals surface area contributed by atoms with Crippen molar-refractivity contribution in [2.75, 3.05) is 18.0 Å². The molecule has 5 heteroatoms. The van der Waals surface area contributed by atoms with E-state index >= 15 is 0 Å². The number of ketones is 1. The molecular formula is C16H22N2O3. The third-order valence-electron chi connectivity index (χ3n) is 3.68. The first-order chi connectivity index (χ1) is 10.1. The van der Waals surface area contributed by atoms with Gasteiger partial charge in [-0.15, -0.1) is 0 Å². The van der Waals surface area contributed by atoms with Crippen LogP contribution in [0.1, 0.15) is 43.5 Å². The fourth-order valence-electron chi connectivity index (χ4n) is 2.44. The highest BCUT2D eigenvalue weighted by atomic mass is 16.5. The number of anilines is 1. The van der Waals surface area contributed by atoms with Gasteiger partial charge in [0.2, 0.25) is 5.91 Å². The second-order valence-corrected chi connectivity index (χ2v) is 5.15. The summed E-state index contributed by atoms with van der Waals surface area (Å²) >= 11 is 0. The number of hydrogen-bond acceptors (Lipinski definition) is 4. The SMILES string of the molecule is CCC(=O)N1CC(CC)Oc2ccc(C(=O)CCN)cc21. The number of amides is 1. The topological polar surface area (TPSA) is 72.6 Å². The molecule has 2 rings (SSSR count). The number of carbonyl (C=O) groups excluding carboxylic acids is 2. The molecule has 21 heavy (non-hydrogen) atoms. The van der Waals surface area contributed by atoms with Gasteiger partial charge in [0.1, 0.15) is 11.9 Å². The van der Waals surface area contributed by atoms with Gasteiger partial charge in [0, 0.05) is 18.4 Å². The summed E-state index contributed by atoms with van der Waals surface area (Å²) in [5.74, 6) is 0.697. The van der Waals surface area contributed by atoms with Gasteiger partial charge in [-0.3, -0.25) is 9.59 Å². The molecule has 1 aliphatic heterocycles. The molecule has 0 bridgehead atoms. The van der Waals surface area contributed by atoms with Crippen molar-refractivity contribution in [3.63, 3.8) is 0 Å². The molecule has 1 aromatic rings. The van der Waals surface area contributed by atoms with Crippen LogP contribution in [0.25, 0.3) is 0 Å². The lowest BCUT2D eigenvalue weighted by molar-refractivity contribution is -0.118. The van der Waals surface area contributed by atoms with Crippen LogP contribution in [0.2, 0.25) is 0 Å². The molecule has 114 valence electrons. The molecule has 0 saturated heterocycles. The fourth-order valence-corrected chi connectivity index (χ4v) is 2.44. The van der Waals surface area contributed by atoms with E-state index in [0.717, 1.165) is 6.42 Å². The van der Waals surface area contributed by atoms with Gasteiger partial charge < -0.3 is 15.4 Å². The van der Waals surface area contributed by atoms with Gasteiger partial charge >= 0.3 is 0 Å². The minimum absolute atomic E-state index is 0.00130. The first-order valence-corrected chi connectivity index (χ1v) is 7.45. The summed E-state index contributed by atoms with van der Waals surface area (Å²) in [6.45, 7) is 4.72. The summed E-state index contributed by atoms with van der Waals surface area (Å²) in [7, 11) is 0. The zero-order valence-electron chi connectivity index (χ0n) is 12.6. The monoisotopic (exact) mass is 290 g/mol. The first kappa shape index (κ1) is 15.5. The Morgan fingerprint density at radius 2 is 2.14 bits per heavy atom. The highest BCUT2D eigenvalue weighted by molar-refractivity contribution is 6.00. The Hall–Kier alpha value is -1.88. The van der Waals surface area contributed by atoms with Crippen molar-refractivity contribution in [2.45, 2.75) is 39.2 Å². The second-order valence-electron chi connectivity index (χ2n) is 5.15. The Morgan fingerprint density at radius 1 is 1.38 bits per heavy atom. The predicted octanol–water partition coefficient (Wildman–Crippen LogP) is 2.13. The minimum atomic E-state index is -0.0122. The Balaban J connectivity index is 2.38. The summed E-state index contributed by atoms with van der Waals surface area (Å²) in [5, 5.41) is 0. The van der Waals surface area contributed by atoms with E-state index in [1.165, 1.54) is 0 Å². The number of fused-ring (bicyclic) bond motifs is 1. The molecule has 0 aromatic heterocycles. The fraction of sp³-hybridized carbons (Fsp3) is 0.500. The molecule has 0 aliphatic carbocycles. The van der Waals surface area contributed by atoms with Crippen LogP contribution in [0.5, 0.6) is 5.75 Å². The second kappa shape index (κ2) is 6.72. The van der Waals surface area contributed by atoms with E-state index < -0.39 is 0 Å². The lowest BCUT2D eigenvalue weighted by Gasteiger charge is -2.34. The van der Waals surface area contributed by atoms with Crippen molar-refractivity contribution in [1.29, 1.82) is 0 Å². The third kappa shape index (κ3) is 3.24. The molecule has 1 aliphatic rings. The molecule has 0 fully saturated rings. The Labute approximate surface area is 125 Å². The van der Waals surface area contributed by atoms with Crippen molar-refractivity contribution in [3.8, 4) is 5.75 Å². The lowest BCUT2D eigenvalue weighted by Crippen LogP contribution is -2.43. The molecule has 1 amide bonds. The smallest absolute Gasteiger partial charge is 0.226 e. The number of hydrogen-bond donors (Lipinski definition) is 1. The van der Waals surface area contributed by atoms with E-state index in [2.05, 4.69) is 0 Å². The summed E-state index contributed by atoms with van der Waals surface area (Å²) in [6, 6.07) is 5.26. The van der Waals surface area contributed by atoms with Crippen molar-refractivity contribution < 1.29 is 14.3 Å². The molecule has 0 spiro atoms. The van der Waals surface area contributed by atoms with Crippen LogP contribution in [-0.2, 0) is 4.79 Å². The minimum Gasteiger partial charge on any atom is -0.486 e. The van der Waals surface area contributed by atoms with Crippen LogP contribution in [-0.4, -0.2) is 30.9 Å². The highest BCUT2D eigenvalue weighted by Crippen LogP contribution is 2.35. The summed E-state index contributed by atoms with van der Waals surface area (Å²) < 4.78 is 5.87. The van der Waals surface area contributed by atoms with E-state index in [0.29, 0.717) is 42.9 Å². The molecule has 5 nitrogen and oxygen atoms in total. The van der Waals surface area contributed by atoms with Gasteiger partial charge in [0.15, 0.2) is 5.78 Å². The molecule has 0 saturated carbocycles. The molecule has 0 radical (unpaired) electrons. The average Bonchev–Trinajstić information content (AvgIpc) is 2.52. The van der Waals surface area contributed by atoms with Crippen molar-refractivity contribution in [3.05, 3.63) is 23.8 Å². The molecule has 1 aromatic carbocycles. The molecule has 1 heterocycles. The highest BCUT2D eigenvalue weighted by Gasteiger charge is 2.28. The normalized spacial score (nSPS) is 17.1. The number of nitrogens with two attached hydrogens (primary N) is 1. The van der Waals surface area contributed by atoms with Crippen LogP contribution >= 0.6 is 0 Å². The first-order valence-electron chi connectivity index (χ1n) is 7.45. The van der Waals surface area contributed by atoms with Crippen LogP contribution in [0.15, 0.2) is 18.2 Å². The van der Waals surface area contributed by atoms with Crippen LogP contribution in [0, 0.1) is 0 Å². The zero-order chi connectivity index (χ0) is 15.4. The molecule has 1 unspecified atom stereocenters. The largest absolute Gasteiger partial charge is 0.486 e. The lowest BCUT2D eigenvalue weighted by atomic mass is 10.0. The van der Waals surface area contributed by atoms with Crippen molar-refractivity contribution >= 4 is 17.4 Å². The van der Waals surface area contributed by atoms with E-state index in [1.807, 2.05) is 13.8 Å². The van der Waals surface area contributed by atoms with Crippen LogP contribution in [0.4, 0.5) is 5.69 Å². The van der Waals surface area contributed by atoms with Crippen molar-refractivity contribution in [1.82, 2.24) is 0 Å². The maximum atomic E-state index is 12.2. The zero-order valence-corrected chi connectivity index (χ0v) is 12.6. The van der Waals surface area contributed by atoms with Gasteiger partial charge in [-0.2, -0.15) is 0 Å². The number of carbonyl (C=O) groups is 2. The number of nitrogens with zero attached hydrogens (tertiary/aromatic N) is 1. The van der Waals surface area contributed by atoms with E-state index in [9.17, 15) is 9.59 Å². The van der Waals surface area contributed by atoms with Crippen LogP contribution < -0.4 is 15.4 Å². The van der Waals surface area contributed by atoms with Gasteiger partial charge in [0.05, 0.1) is 12.2 Å². The predicted molar refractivity (Wildman–Crippen MR) is 81.8 cm³/mol. The van der Waals surface area contributed by atoms with Crippen molar-refractivity contribution in [2.24, 2.45) is 5.73 Å². The molecular weight excluding hydrogens is 268 g/mol. The van der Waals surface area contributed by atoms with Crippen LogP contribution in [0.3, 0.4) is 0 Å². The maximum Gasteiger partial charge on any atom is 0.226 e. The Kier molecular flexibility index (Phi) is 4.96. The number of ether oxygens (including phenoxy) is 1. The van der Waals surface area contributed by atoms with E-state index in [-0.39, 0.29) is 17.8 Å². The number of rotatable bonds is 5. The van der Waals surface area contributed by atoms with Gasteiger partial charge in [-0.25, -0.2) is 0 Å². The van der Waals surface area contributed by atoms with Gasteiger partial charge in [-0.1, -0.05) is 13.8 Å². The standard InChI is InChI=1S/C16H22N2O3/c1-3-12-10-18(16(20)4-2)13-9-11(14(19)7-8-17)5-6-15(13)21-12/h5-6,9,12H,3-4,7-8,10,17H2,1-2H3. The number of benzene rings is 1. The number of Topliss-reactive ketones (excluding diaryl/α,β-unsaturated/α-hetero) is 1. The quantitative estimate of drug-likeness (QED) is 0.843. The average molecular weight is 290 g/mol. The Bertz CT molecular complexity index is 542. The van der Waals surface area contributed by atoms with Gasteiger partial charge in [0.25, 0.3) is 0 Å². The maximum absolute atomic E-state index is 12.2. The van der Waals surface area contributed by atoms with E-state index in [1.54, 1.807) is 23.1 Å². The summed E-state index contributed by atoms with van der Waals surface area (Å²) in [4.78, 5) is 25.9. The Morgan fingerprint density at radius 3 is 2.76 bits per heavy atom.